The van der Waals surface area contributed by atoms with E-state index in [-0.39, 0.29) is 29.9 Å². The molecule has 0 bridgehead atoms. The molecule has 150 valence electrons. The third-order valence-electron chi connectivity index (χ3n) is 4.67. The summed E-state index contributed by atoms with van der Waals surface area (Å²) in [5, 5.41) is 5.92. The van der Waals surface area contributed by atoms with Gasteiger partial charge < -0.3 is 25.0 Å². The number of hydrogen-bond donors (Lipinski definition) is 2. The Morgan fingerprint density at radius 3 is 2.33 bits per heavy atom. The highest BCUT2D eigenvalue weighted by atomic mass is 16.5. The van der Waals surface area contributed by atoms with Crippen LogP contribution in [0.2, 0.25) is 0 Å². The third-order valence-corrected chi connectivity index (χ3v) is 4.67. The zero-order valence-corrected chi connectivity index (χ0v) is 17.1. The Balaban J connectivity index is 2.38. The molecule has 1 aromatic rings. The van der Waals surface area contributed by atoms with Crippen LogP contribution in [0.1, 0.15) is 44.9 Å². The summed E-state index contributed by atoms with van der Waals surface area (Å²) < 4.78 is 10.8. The van der Waals surface area contributed by atoms with Crippen molar-refractivity contribution in [2.45, 2.75) is 46.2 Å². The second-order valence-electron chi connectivity index (χ2n) is 7.37. The number of carbonyl (C=O) groups is 2. The number of methoxy groups -OCH3 is 2. The number of fused-ring (bicyclic) bond motifs is 1. The molecule has 27 heavy (non-hydrogen) atoms. The van der Waals surface area contributed by atoms with Gasteiger partial charge in [0, 0.05) is 25.0 Å². The molecular formula is C20H31N3O4. The molecule has 0 fully saturated rings. The number of urea groups is 1. The zero-order valence-electron chi connectivity index (χ0n) is 17.1. The lowest BCUT2D eigenvalue weighted by molar-refractivity contribution is -0.124. The van der Waals surface area contributed by atoms with Crippen LogP contribution in [-0.4, -0.2) is 50.2 Å². The molecule has 2 rings (SSSR count). The van der Waals surface area contributed by atoms with Crippen LogP contribution in [0.25, 0.3) is 0 Å². The summed E-state index contributed by atoms with van der Waals surface area (Å²) in [5.74, 6) is 1.13. The van der Waals surface area contributed by atoms with E-state index in [2.05, 4.69) is 10.6 Å². The van der Waals surface area contributed by atoms with E-state index in [4.69, 9.17) is 9.47 Å². The van der Waals surface area contributed by atoms with Crippen molar-refractivity contribution in [1.82, 2.24) is 15.5 Å². The van der Waals surface area contributed by atoms with Gasteiger partial charge in [0.1, 0.15) is 0 Å². The fraction of sp³-hybridized carbons (Fsp3) is 0.600. The van der Waals surface area contributed by atoms with Gasteiger partial charge in [-0.1, -0.05) is 13.8 Å². The van der Waals surface area contributed by atoms with E-state index in [1.54, 1.807) is 19.1 Å². The van der Waals surface area contributed by atoms with E-state index in [1.807, 2.05) is 39.8 Å². The molecule has 7 heteroatoms. The fourth-order valence-electron chi connectivity index (χ4n) is 3.22. The van der Waals surface area contributed by atoms with Crippen LogP contribution in [-0.2, 0) is 11.2 Å². The van der Waals surface area contributed by atoms with Gasteiger partial charge in [-0.3, -0.25) is 4.79 Å². The Bertz CT molecular complexity index is 688. The van der Waals surface area contributed by atoms with Crippen LogP contribution in [0.5, 0.6) is 11.5 Å². The molecule has 0 saturated heterocycles. The molecule has 1 aliphatic rings. The standard InChI is InChI=1S/C20H31N3O4/c1-12(2)19(24)21-11-16-15-10-18(27-6)17(26-5)9-14(15)7-8-23(16)20(25)22-13(3)4/h9-10,12-13,16H,7-8,11H2,1-6H3,(H,21,24)(H,22,25)/t16-/m0/s1. The summed E-state index contributed by atoms with van der Waals surface area (Å²) in [5.41, 5.74) is 2.08. The Morgan fingerprint density at radius 2 is 1.78 bits per heavy atom. The number of amides is 3. The van der Waals surface area contributed by atoms with Crippen molar-refractivity contribution in [2.75, 3.05) is 27.3 Å². The Morgan fingerprint density at radius 1 is 1.15 bits per heavy atom. The van der Waals surface area contributed by atoms with Crippen molar-refractivity contribution in [3.63, 3.8) is 0 Å². The molecule has 1 aromatic carbocycles. The second-order valence-corrected chi connectivity index (χ2v) is 7.37. The molecule has 1 aliphatic heterocycles. The fourth-order valence-corrected chi connectivity index (χ4v) is 3.22. The summed E-state index contributed by atoms with van der Waals surface area (Å²) in [4.78, 5) is 26.6. The molecule has 0 aliphatic carbocycles. The van der Waals surface area contributed by atoms with Gasteiger partial charge in [-0.25, -0.2) is 4.79 Å². The van der Waals surface area contributed by atoms with Crippen LogP contribution in [0, 0.1) is 5.92 Å². The van der Waals surface area contributed by atoms with E-state index < -0.39 is 0 Å². The normalized spacial score (nSPS) is 16.1. The van der Waals surface area contributed by atoms with Gasteiger partial charge >= 0.3 is 6.03 Å². The second kappa shape index (κ2) is 8.97. The summed E-state index contributed by atoms with van der Waals surface area (Å²) in [6.45, 7) is 8.48. The van der Waals surface area contributed by atoms with Gasteiger partial charge in [-0.2, -0.15) is 0 Å². The number of benzene rings is 1. The Labute approximate surface area is 161 Å². The van der Waals surface area contributed by atoms with E-state index in [0.29, 0.717) is 24.6 Å². The molecule has 0 unspecified atom stereocenters. The molecule has 2 N–H and O–H groups in total. The maximum atomic E-state index is 12.7. The van der Waals surface area contributed by atoms with Gasteiger partial charge in [0.25, 0.3) is 0 Å². The summed E-state index contributed by atoms with van der Waals surface area (Å²) >= 11 is 0. The first-order valence-corrected chi connectivity index (χ1v) is 9.38. The third kappa shape index (κ3) is 4.84. The smallest absolute Gasteiger partial charge is 0.318 e. The molecule has 1 atom stereocenters. The molecule has 0 aromatic heterocycles. The number of rotatable bonds is 6. The van der Waals surface area contributed by atoms with Crippen molar-refractivity contribution in [1.29, 1.82) is 0 Å². The zero-order chi connectivity index (χ0) is 20.1. The highest BCUT2D eigenvalue weighted by Gasteiger charge is 2.32. The Kier molecular flexibility index (Phi) is 6.93. The van der Waals surface area contributed by atoms with Gasteiger partial charge in [0.15, 0.2) is 11.5 Å². The van der Waals surface area contributed by atoms with Crippen LogP contribution in [0.15, 0.2) is 12.1 Å². The number of hydrogen-bond acceptors (Lipinski definition) is 4. The van der Waals surface area contributed by atoms with Gasteiger partial charge in [0.2, 0.25) is 5.91 Å². The van der Waals surface area contributed by atoms with Crippen molar-refractivity contribution >= 4 is 11.9 Å². The first-order chi connectivity index (χ1) is 12.8. The number of carbonyl (C=O) groups excluding carboxylic acids is 2. The summed E-state index contributed by atoms with van der Waals surface area (Å²) in [6, 6.07) is 3.51. The predicted octanol–water partition coefficient (Wildman–Crippen LogP) is 2.49. The molecule has 0 spiro atoms. The topological polar surface area (TPSA) is 79.9 Å². The molecule has 3 amide bonds. The lowest BCUT2D eigenvalue weighted by Crippen LogP contribution is -2.50. The molecule has 0 saturated carbocycles. The van der Waals surface area contributed by atoms with Crippen molar-refractivity contribution in [3.8, 4) is 11.5 Å². The average molecular weight is 377 g/mol. The lowest BCUT2D eigenvalue weighted by Gasteiger charge is -2.38. The number of nitrogens with one attached hydrogen (secondary N) is 2. The van der Waals surface area contributed by atoms with Crippen LogP contribution < -0.4 is 20.1 Å². The van der Waals surface area contributed by atoms with Crippen LogP contribution >= 0.6 is 0 Å². The first-order valence-electron chi connectivity index (χ1n) is 9.38. The SMILES string of the molecule is COc1cc2c(cc1OC)[C@H](CNC(=O)C(C)C)N(C(=O)NC(C)C)CC2. The Hall–Kier alpha value is -2.44. The minimum Gasteiger partial charge on any atom is -0.493 e. The monoisotopic (exact) mass is 377 g/mol. The van der Waals surface area contributed by atoms with E-state index in [0.717, 1.165) is 17.5 Å². The van der Waals surface area contributed by atoms with E-state index in [1.165, 1.54) is 0 Å². The molecule has 7 nitrogen and oxygen atoms in total. The maximum absolute atomic E-state index is 12.7. The number of ether oxygens (including phenoxy) is 2. The average Bonchev–Trinajstić information content (AvgIpc) is 2.63. The first kappa shape index (κ1) is 20.9. The van der Waals surface area contributed by atoms with Crippen LogP contribution in [0.4, 0.5) is 4.79 Å². The lowest BCUT2D eigenvalue weighted by atomic mass is 9.91. The molecular weight excluding hydrogens is 346 g/mol. The van der Waals surface area contributed by atoms with Crippen LogP contribution in [0.3, 0.4) is 0 Å². The van der Waals surface area contributed by atoms with Crippen molar-refractivity contribution in [3.05, 3.63) is 23.3 Å². The minimum atomic E-state index is -0.269. The van der Waals surface area contributed by atoms with E-state index >= 15 is 0 Å². The number of nitrogens with zero attached hydrogens (tertiary/aromatic N) is 1. The molecule has 0 radical (unpaired) electrons. The van der Waals surface area contributed by atoms with Crippen molar-refractivity contribution < 1.29 is 19.1 Å². The largest absolute Gasteiger partial charge is 0.493 e. The quantitative estimate of drug-likeness (QED) is 0.798. The maximum Gasteiger partial charge on any atom is 0.318 e. The highest BCUT2D eigenvalue weighted by molar-refractivity contribution is 5.78. The summed E-state index contributed by atoms with van der Waals surface area (Å²) in [6.07, 6.45) is 0.718. The molecule has 1 heterocycles. The van der Waals surface area contributed by atoms with Crippen molar-refractivity contribution in [2.24, 2.45) is 5.92 Å². The van der Waals surface area contributed by atoms with Gasteiger partial charge in [-0.15, -0.1) is 0 Å². The predicted molar refractivity (Wildman–Crippen MR) is 104 cm³/mol. The highest BCUT2D eigenvalue weighted by Crippen LogP contribution is 2.38. The van der Waals surface area contributed by atoms with Gasteiger partial charge in [-0.05, 0) is 43.5 Å². The van der Waals surface area contributed by atoms with E-state index in [9.17, 15) is 9.59 Å². The van der Waals surface area contributed by atoms with Gasteiger partial charge in [0.05, 0.1) is 20.3 Å². The minimum absolute atomic E-state index is 0.0354. The summed E-state index contributed by atoms with van der Waals surface area (Å²) in [7, 11) is 3.20.